The second-order valence-electron chi connectivity index (χ2n) is 7.94. The number of anilines is 1. The lowest BCUT2D eigenvalue weighted by molar-refractivity contribution is -0.122. The first kappa shape index (κ1) is 23.9. The van der Waals surface area contributed by atoms with Crippen molar-refractivity contribution >= 4 is 40.9 Å². The van der Waals surface area contributed by atoms with Crippen LogP contribution in [0.4, 0.5) is 10.1 Å². The largest absolute Gasteiger partial charge is 0.457 e. The molecule has 0 atom stereocenters. The van der Waals surface area contributed by atoms with E-state index in [4.69, 9.17) is 21.7 Å². The molecule has 182 valence electrons. The van der Waals surface area contributed by atoms with Gasteiger partial charge in [-0.3, -0.25) is 19.8 Å². The second kappa shape index (κ2) is 10.4. The van der Waals surface area contributed by atoms with Gasteiger partial charge in [0.2, 0.25) is 0 Å². The van der Waals surface area contributed by atoms with E-state index >= 15 is 0 Å². The molecule has 4 aromatic rings. The molecule has 2 amide bonds. The second-order valence-corrected chi connectivity index (χ2v) is 8.32. The number of nitrogens with one attached hydrogen (secondary N) is 1. The minimum absolute atomic E-state index is 0.0217. The maximum absolute atomic E-state index is 14.1. The third-order valence-electron chi connectivity index (χ3n) is 5.45. The lowest BCUT2D eigenvalue weighted by Crippen LogP contribution is -2.54. The van der Waals surface area contributed by atoms with Crippen LogP contribution in [-0.2, 0) is 9.59 Å². The Morgan fingerprint density at radius 1 is 0.730 bits per heavy atom. The molecule has 0 radical (unpaired) electrons. The summed E-state index contributed by atoms with van der Waals surface area (Å²) < 4.78 is 25.7. The fraction of sp³-hybridized carbons (Fsp3) is 0. The van der Waals surface area contributed by atoms with E-state index in [-0.39, 0.29) is 22.2 Å². The van der Waals surface area contributed by atoms with Crippen molar-refractivity contribution in [2.75, 3.05) is 4.90 Å². The molecular weight excluding hydrogens is 491 g/mol. The van der Waals surface area contributed by atoms with E-state index < -0.39 is 17.6 Å². The molecule has 6 nitrogen and oxygen atoms in total. The van der Waals surface area contributed by atoms with E-state index in [1.165, 1.54) is 23.1 Å². The highest BCUT2D eigenvalue weighted by Gasteiger charge is 2.34. The van der Waals surface area contributed by atoms with Gasteiger partial charge in [-0.25, -0.2) is 4.39 Å². The third kappa shape index (κ3) is 5.24. The van der Waals surface area contributed by atoms with Gasteiger partial charge in [-0.15, -0.1) is 0 Å². The quantitative estimate of drug-likeness (QED) is 0.189. The number of nitrogens with zero attached hydrogens (tertiary/aromatic N) is 1. The molecule has 1 heterocycles. The average molecular weight is 511 g/mol. The van der Waals surface area contributed by atoms with Crippen molar-refractivity contribution in [3.63, 3.8) is 0 Å². The summed E-state index contributed by atoms with van der Waals surface area (Å²) in [6.45, 7) is 0. The summed E-state index contributed by atoms with van der Waals surface area (Å²) in [6, 6.07) is 28.7. The summed E-state index contributed by atoms with van der Waals surface area (Å²) in [5.74, 6) is -0.232. The molecule has 0 aliphatic carbocycles. The Hall–Kier alpha value is -4.82. The van der Waals surface area contributed by atoms with E-state index in [1.54, 1.807) is 60.7 Å². The number of ether oxygens (including phenoxy) is 2. The first-order chi connectivity index (χ1) is 18.0. The summed E-state index contributed by atoms with van der Waals surface area (Å²) >= 11 is 5.29. The summed E-state index contributed by atoms with van der Waals surface area (Å²) in [5.41, 5.74) is 0.726. The first-order valence-electron chi connectivity index (χ1n) is 11.3. The molecule has 0 bridgehead atoms. The summed E-state index contributed by atoms with van der Waals surface area (Å²) in [7, 11) is 0. The molecule has 5 rings (SSSR count). The van der Waals surface area contributed by atoms with Crippen LogP contribution in [0.2, 0.25) is 0 Å². The summed E-state index contributed by atoms with van der Waals surface area (Å²) in [5, 5.41) is 2.52. The van der Waals surface area contributed by atoms with Crippen molar-refractivity contribution in [3.05, 3.63) is 120 Å². The van der Waals surface area contributed by atoms with Crippen LogP contribution in [0.1, 0.15) is 5.56 Å². The molecule has 0 spiro atoms. The lowest BCUT2D eigenvalue weighted by Gasteiger charge is -2.29. The Kier molecular flexibility index (Phi) is 6.74. The predicted octanol–water partition coefficient (Wildman–Crippen LogP) is 6.24. The number of hydrogen-bond acceptors (Lipinski definition) is 5. The highest BCUT2D eigenvalue weighted by Crippen LogP contribution is 2.31. The van der Waals surface area contributed by atoms with Gasteiger partial charge in [0.1, 0.15) is 22.8 Å². The Balaban J connectivity index is 1.42. The van der Waals surface area contributed by atoms with Crippen molar-refractivity contribution in [2.24, 2.45) is 0 Å². The predicted molar refractivity (Wildman–Crippen MR) is 142 cm³/mol. The van der Waals surface area contributed by atoms with Crippen molar-refractivity contribution in [2.45, 2.75) is 0 Å². The highest BCUT2D eigenvalue weighted by molar-refractivity contribution is 7.80. The number of halogens is 1. The van der Waals surface area contributed by atoms with Crippen molar-refractivity contribution in [3.8, 4) is 23.0 Å². The van der Waals surface area contributed by atoms with Crippen LogP contribution in [0.25, 0.3) is 6.08 Å². The number of carbonyl (C=O) groups excluding carboxylic acids is 2. The first-order valence-corrected chi connectivity index (χ1v) is 11.7. The van der Waals surface area contributed by atoms with Crippen molar-refractivity contribution < 1.29 is 23.5 Å². The Morgan fingerprint density at radius 3 is 2.08 bits per heavy atom. The molecule has 1 aliphatic rings. The topological polar surface area (TPSA) is 67.9 Å². The molecule has 0 saturated carbocycles. The standard InChI is InChI=1S/C29H19FN2O4S/c30-24-11-5-7-13-26(24)36-25-12-6-4-8-19(25)18-23-27(33)31-29(37)32(28(23)34)20-14-16-22(17-15-20)35-21-9-2-1-3-10-21/h1-18H,(H,31,33,37). The number of hydrogen-bond donors (Lipinski definition) is 1. The molecular formula is C29H19FN2O4S. The lowest BCUT2D eigenvalue weighted by atomic mass is 10.1. The fourth-order valence-electron chi connectivity index (χ4n) is 3.67. The average Bonchev–Trinajstić information content (AvgIpc) is 2.90. The van der Waals surface area contributed by atoms with Gasteiger partial charge in [-0.1, -0.05) is 48.5 Å². The molecule has 1 fully saturated rings. The molecule has 37 heavy (non-hydrogen) atoms. The minimum atomic E-state index is -0.643. The molecule has 1 saturated heterocycles. The van der Waals surface area contributed by atoms with Gasteiger partial charge < -0.3 is 9.47 Å². The van der Waals surface area contributed by atoms with Crippen molar-refractivity contribution in [1.82, 2.24) is 5.32 Å². The zero-order chi connectivity index (χ0) is 25.8. The Bertz CT molecular complexity index is 1520. The molecule has 1 aliphatic heterocycles. The van der Waals surface area contributed by atoms with Crippen LogP contribution >= 0.6 is 12.2 Å². The Labute approximate surface area is 217 Å². The van der Waals surface area contributed by atoms with Crippen LogP contribution in [-0.4, -0.2) is 16.9 Å². The van der Waals surface area contributed by atoms with Crippen LogP contribution in [0.5, 0.6) is 23.0 Å². The van der Waals surface area contributed by atoms with E-state index in [2.05, 4.69) is 5.32 Å². The summed E-state index contributed by atoms with van der Waals surface area (Å²) in [4.78, 5) is 27.4. The number of benzene rings is 4. The fourth-order valence-corrected chi connectivity index (χ4v) is 3.96. The number of rotatable bonds is 6. The number of thiocarbonyl (C=S) groups is 1. The van der Waals surface area contributed by atoms with Gasteiger partial charge >= 0.3 is 0 Å². The van der Waals surface area contributed by atoms with E-state index in [0.717, 1.165) is 0 Å². The van der Waals surface area contributed by atoms with E-state index in [9.17, 15) is 14.0 Å². The zero-order valence-corrected chi connectivity index (χ0v) is 20.1. The van der Waals surface area contributed by atoms with Gasteiger partial charge in [-0.2, -0.15) is 0 Å². The van der Waals surface area contributed by atoms with Crippen LogP contribution in [0.3, 0.4) is 0 Å². The summed E-state index contributed by atoms with van der Waals surface area (Å²) in [6.07, 6.45) is 1.40. The number of amides is 2. The van der Waals surface area contributed by atoms with Crippen LogP contribution in [0.15, 0.2) is 109 Å². The molecule has 1 N–H and O–H groups in total. The number of para-hydroxylation sites is 3. The van der Waals surface area contributed by atoms with Crippen LogP contribution in [0, 0.1) is 5.82 Å². The minimum Gasteiger partial charge on any atom is -0.457 e. The van der Waals surface area contributed by atoms with Gasteiger partial charge in [0.05, 0.1) is 5.69 Å². The van der Waals surface area contributed by atoms with Crippen molar-refractivity contribution in [1.29, 1.82) is 0 Å². The Morgan fingerprint density at radius 2 is 1.35 bits per heavy atom. The highest BCUT2D eigenvalue weighted by atomic mass is 32.1. The molecule has 0 aromatic heterocycles. The van der Waals surface area contributed by atoms with Crippen LogP contribution < -0.4 is 19.7 Å². The monoisotopic (exact) mass is 510 g/mol. The maximum Gasteiger partial charge on any atom is 0.270 e. The maximum atomic E-state index is 14.1. The smallest absolute Gasteiger partial charge is 0.270 e. The third-order valence-corrected chi connectivity index (χ3v) is 5.74. The SMILES string of the molecule is O=C1NC(=S)N(c2ccc(Oc3ccccc3)cc2)C(=O)C1=Cc1ccccc1Oc1ccccc1F. The normalized spacial score (nSPS) is 14.5. The molecule has 8 heteroatoms. The molecule has 0 unspecified atom stereocenters. The van der Waals surface area contributed by atoms with Gasteiger partial charge in [-0.05, 0) is 72.9 Å². The molecule has 4 aromatic carbocycles. The van der Waals surface area contributed by atoms with Gasteiger partial charge in [0.25, 0.3) is 11.8 Å². The van der Waals surface area contributed by atoms with Gasteiger partial charge in [0, 0.05) is 5.56 Å². The van der Waals surface area contributed by atoms with E-state index in [1.807, 2.05) is 30.3 Å². The number of carbonyl (C=O) groups is 2. The zero-order valence-electron chi connectivity index (χ0n) is 19.3. The van der Waals surface area contributed by atoms with Gasteiger partial charge in [0.15, 0.2) is 16.7 Å². The van der Waals surface area contributed by atoms with E-state index in [0.29, 0.717) is 22.7 Å².